The monoisotopic (exact) mass is 313 g/mol. The second-order valence-electron chi connectivity index (χ2n) is 5.38. The third-order valence-corrected chi connectivity index (χ3v) is 4.71. The van der Waals surface area contributed by atoms with E-state index in [2.05, 4.69) is 28.0 Å². The highest BCUT2D eigenvalue weighted by Gasteiger charge is 2.19. The van der Waals surface area contributed by atoms with Crippen LogP contribution in [0.5, 0.6) is 0 Å². The fraction of sp³-hybridized carbons (Fsp3) is 0.786. The first kappa shape index (κ1) is 14.1. The summed E-state index contributed by atoms with van der Waals surface area (Å²) in [5.74, 6) is 0.904. The highest BCUT2D eigenvalue weighted by molar-refractivity contribution is 9.10. The van der Waals surface area contributed by atoms with Crippen molar-refractivity contribution in [3.8, 4) is 0 Å². The summed E-state index contributed by atoms with van der Waals surface area (Å²) in [6.45, 7) is 2.99. The Morgan fingerprint density at radius 2 is 2.17 bits per heavy atom. The van der Waals surface area contributed by atoms with E-state index >= 15 is 0 Å². The van der Waals surface area contributed by atoms with Gasteiger partial charge in [-0.15, -0.1) is 0 Å². The predicted octanol–water partition coefficient (Wildman–Crippen LogP) is 4.03. The Labute approximate surface area is 118 Å². The standard InChI is InChI=1S/C14H24BrN3/c1-2-18-14(12(15)10-17-18)13(16)9-8-11-6-4-3-5-7-11/h10-11,13H,2-9,16H2,1H3. The highest BCUT2D eigenvalue weighted by Crippen LogP contribution is 2.31. The van der Waals surface area contributed by atoms with E-state index < -0.39 is 0 Å². The van der Waals surface area contributed by atoms with Crippen molar-refractivity contribution in [1.29, 1.82) is 0 Å². The average Bonchev–Trinajstić information content (AvgIpc) is 2.78. The zero-order valence-corrected chi connectivity index (χ0v) is 12.8. The van der Waals surface area contributed by atoms with Crippen molar-refractivity contribution in [2.45, 2.75) is 64.5 Å². The Bertz CT molecular complexity index is 369. The van der Waals surface area contributed by atoms with E-state index in [0.29, 0.717) is 0 Å². The van der Waals surface area contributed by atoms with E-state index in [4.69, 9.17) is 5.73 Å². The minimum absolute atomic E-state index is 0.115. The molecule has 4 heteroatoms. The van der Waals surface area contributed by atoms with Gasteiger partial charge in [-0.3, -0.25) is 4.68 Å². The molecule has 0 aliphatic heterocycles. The van der Waals surface area contributed by atoms with Crippen LogP contribution in [-0.4, -0.2) is 9.78 Å². The Balaban J connectivity index is 1.90. The number of hydrogen-bond donors (Lipinski definition) is 1. The SMILES string of the molecule is CCn1ncc(Br)c1C(N)CCC1CCCCC1. The van der Waals surface area contributed by atoms with Crippen molar-refractivity contribution < 1.29 is 0 Å². The molecule has 1 unspecified atom stereocenters. The molecule has 0 radical (unpaired) electrons. The number of rotatable bonds is 5. The minimum Gasteiger partial charge on any atom is -0.323 e. The van der Waals surface area contributed by atoms with Gasteiger partial charge in [0.25, 0.3) is 0 Å². The summed E-state index contributed by atoms with van der Waals surface area (Å²) in [5.41, 5.74) is 7.50. The lowest BCUT2D eigenvalue weighted by molar-refractivity contribution is 0.321. The van der Waals surface area contributed by atoms with Gasteiger partial charge in [0.1, 0.15) is 0 Å². The first-order valence-electron chi connectivity index (χ1n) is 7.19. The molecule has 0 amide bonds. The van der Waals surface area contributed by atoms with Gasteiger partial charge in [-0.05, 0) is 41.6 Å². The molecule has 2 rings (SSSR count). The van der Waals surface area contributed by atoms with Gasteiger partial charge in [0.05, 0.1) is 16.4 Å². The molecule has 0 spiro atoms. The minimum atomic E-state index is 0.115. The van der Waals surface area contributed by atoms with Crippen molar-refractivity contribution in [1.82, 2.24) is 9.78 Å². The summed E-state index contributed by atoms with van der Waals surface area (Å²) in [7, 11) is 0. The first-order chi connectivity index (χ1) is 8.72. The van der Waals surface area contributed by atoms with E-state index in [-0.39, 0.29) is 6.04 Å². The van der Waals surface area contributed by atoms with E-state index in [1.807, 2.05) is 10.9 Å². The van der Waals surface area contributed by atoms with Crippen LogP contribution in [0.1, 0.15) is 63.6 Å². The summed E-state index contributed by atoms with van der Waals surface area (Å²) in [5, 5.41) is 4.34. The fourth-order valence-corrected chi connectivity index (χ4v) is 3.61. The van der Waals surface area contributed by atoms with Gasteiger partial charge in [0.2, 0.25) is 0 Å². The van der Waals surface area contributed by atoms with Gasteiger partial charge < -0.3 is 5.73 Å². The summed E-state index contributed by atoms with van der Waals surface area (Å²) in [6.07, 6.45) is 11.3. The topological polar surface area (TPSA) is 43.8 Å². The van der Waals surface area contributed by atoms with Crippen LogP contribution in [0.15, 0.2) is 10.7 Å². The number of nitrogens with two attached hydrogens (primary N) is 1. The highest BCUT2D eigenvalue weighted by atomic mass is 79.9. The van der Waals surface area contributed by atoms with Gasteiger partial charge in [-0.1, -0.05) is 32.1 Å². The average molecular weight is 314 g/mol. The number of hydrogen-bond acceptors (Lipinski definition) is 2. The maximum absolute atomic E-state index is 6.34. The van der Waals surface area contributed by atoms with E-state index in [9.17, 15) is 0 Å². The molecule has 1 aliphatic rings. The molecule has 102 valence electrons. The van der Waals surface area contributed by atoms with Crippen molar-refractivity contribution >= 4 is 15.9 Å². The molecule has 1 heterocycles. The molecule has 3 nitrogen and oxygen atoms in total. The lowest BCUT2D eigenvalue weighted by atomic mass is 9.85. The van der Waals surface area contributed by atoms with Crippen molar-refractivity contribution in [3.05, 3.63) is 16.4 Å². The Kier molecular flexibility index (Phi) is 5.25. The summed E-state index contributed by atoms with van der Waals surface area (Å²) in [6, 6.07) is 0.115. The van der Waals surface area contributed by atoms with Crippen LogP contribution in [0, 0.1) is 5.92 Å². The zero-order chi connectivity index (χ0) is 13.0. The van der Waals surface area contributed by atoms with Gasteiger partial charge in [0.15, 0.2) is 0 Å². The van der Waals surface area contributed by atoms with Gasteiger partial charge >= 0.3 is 0 Å². The number of aryl methyl sites for hydroxylation is 1. The maximum Gasteiger partial charge on any atom is 0.0693 e. The second-order valence-corrected chi connectivity index (χ2v) is 6.24. The van der Waals surface area contributed by atoms with Crippen LogP contribution < -0.4 is 5.73 Å². The molecule has 1 saturated carbocycles. The van der Waals surface area contributed by atoms with E-state index in [0.717, 1.165) is 29.1 Å². The number of aromatic nitrogens is 2. The zero-order valence-electron chi connectivity index (χ0n) is 11.2. The Morgan fingerprint density at radius 1 is 1.44 bits per heavy atom. The van der Waals surface area contributed by atoms with Crippen LogP contribution in [0.2, 0.25) is 0 Å². The van der Waals surface area contributed by atoms with E-state index in [1.165, 1.54) is 38.5 Å². The normalized spacial score (nSPS) is 19.1. The van der Waals surface area contributed by atoms with Crippen molar-refractivity contribution in [2.24, 2.45) is 11.7 Å². The smallest absolute Gasteiger partial charge is 0.0693 e. The fourth-order valence-electron chi connectivity index (χ4n) is 3.02. The molecule has 1 aliphatic carbocycles. The van der Waals surface area contributed by atoms with E-state index in [1.54, 1.807) is 0 Å². The third kappa shape index (κ3) is 3.35. The lowest BCUT2D eigenvalue weighted by Gasteiger charge is -2.23. The van der Waals surface area contributed by atoms with Crippen LogP contribution in [0.25, 0.3) is 0 Å². The summed E-state index contributed by atoms with van der Waals surface area (Å²) >= 11 is 3.56. The molecule has 0 saturated heterocycles. The molecule has 1 aromatic heterocycles. The predicted molar refractivity (Wildman–Crippen MR) is 78.3 cm³/mol. The maximum atomic E-state index is 6.34. The largest absolute Gasteiger partial charge is 0.323 e. The van der Waals surface area contributed by atoms with Gasteiger partial charge in [-0.2, -0.15) is 5.10 Å². The lowest BCUT2D eigenvalue weighted by Crippen LogP contribution is -2.18. The van der Waals surface area contributed by atoms with Crippen molar-refractivity contribution in [2.75, 3.05) is 0 Å². The second kappa shape index (κ2) is 6.71. The van der Waals surface area contributed by atoms with Crippen LogP contribution in [0.4, 0.5) is 0 Å². The third-order valence-electron chi connectivity index (χ3n) is 4.09. The van der Waals surface area contributed by atoms with Crippen LogP contribution >= 0.6 is 15.9 Å². The summed E-state index contributed by atoms with van der Waals surface area (Å²) < 4.78 is 3.07. The molecule has 1 atom stereocenters. The van der Waals surface area contributed by atoms with Crippen LogP contribution in [-0.2, 0) is 6.54 Å². The number of nitrogens with zero attached hydrogens (tertiary/aromatic N) is 2. The van der Waals surface area contributed by atoms with Crippen LogP contribution in [0.3, 0.4) is 0 Å². The summed E-state index contributed by atoms with van der Waals surface area (Å²) in [4.78, 5) is 0. The molecular formula is C14H24BrN3. The molecule has 2 N–H and O–H groups in total. The van der Waals surface area contributed by atoms with Crippen molar-refractivity contribution in [3.63, 3.8) is 0 Å². The molecule has 18 heavy (non-hydrogen) atoms. The van der Waals surface area contributed by atoms with Gasteiger partial charge in [-0.25, -0.2) is 0 Å². The van der Waals surface area contributed by atoms with Gasteiger partial charge in [0, 0.05) is 12.6 Å². The molecule has 1 aromatic rings. The Hall–Kier alpha value is -0.350. The number of halogens is 1. The molecule has 1 fully saturated rings. The molecular weight excluding hydrogens is 290 g/mol. The quantitative estimate of drug-likeness (QED) is 0.892. The molecule has 0 aromatic carbocycles. The first-order valence-corrected chi connectivity index (χ1v) is 7.98. The Morgan fingerprint density at radius 3 is 2.83 bits per heavy atom. The molecule has 0 bridgehead atoms.